The maximum Gasteiger partial charge on any atom is 0.165 e. The van der Waals surface area contributed by atoms with E-state index in [1.165, 1.54) is 5.56 Å². The predicted octanol–water partition coefficient (Wildman–Crippen LogP) is 2.91. The van der Waals surface area contributed by atoms with Gasteiger partial charge in [0.2, 0.25) is 0 Å². The number of methoxy groups -OCH3 is 4. The molecule has 0 fully saturated rings. The van der Waals surface area contributed by atoms with Gasteiger partial charge < -0.3 is 24.1 Å². The number of aliphatic hydroxyl groups excluding tert-OH is 1. The summed E-state index contributed by atoms with van der Waals surface area (Å²) in [6, 6.07) is 8.09. The molecular weight excluding hydrogens is 358 g/mol. The molecule has 0 saturated carbocycles. The highest BCUT2D eigenvalue weighted by Crippen LogP contribution is 2.53. The van der Waals surface area contributed by atoms with Crippen LogP contribution < -0.4 is 18.9 Å². The number of hydrogen-bond donors (Lipinski definition) is 1. The summed E-state index contributed by atoms with van der Waals surface area (Å²) in [5.74, 6) is 2.81. The van der Waals surface area contributed by atoms with E-state index in [1.54, 1.807) is 28.4 Å². The molecule has 0 bridgehead atoms. The highest BCUT2D eigenvalue weighted by Gasteiger charge is 2.44. The molecular formula is C22H27NO5. The quantitative estimate of drug-likeness (QED) is 0.873. The molecule has 0 spiro atoms. The minimum Gasteiger partial charge on any atom is -0.493 e. The smallest absolute Gasteiger partial charge is 0.165 e. The first-order chi connectivity index (χ1) is 13.5. The molecule has 2 aliphatic rings. The zero-order valence-corrected chi connectivity index (χ0v) is 17.0. The van der Waals surface area contributed by atoms with E-state index < -0.39 is 6.10 Å². The van der Waals surface area contributed by atoms with E-state index in [0.717, 1.165) is 22.4 Å². The number of rotatable bonds is 4. The lowest BCUT2D eigenvalue weighted by molar-refractivity contribution is 0.0589. The molecule has 4 rings (SSSR count). The van der Waals surface area contributed by atoms with Crippen LogP contribution in [0.4, 0.5) is 0 Å². The molecule has 2 aromatic rings. The summed E-state index contributed by atoms with van der Waals surface area (Å²) in [6.45, 7) is 0.706. The van der Waals surface area contributed by atoms with E-state index in [2.05, 4.69) is 24.1 Å². The summed E-state index contributed by atoms with van der Waals surface area (Å²) in [6.07, 6.45) is 0.0635. The third-order valence-corrected chi connectivity index (χ3v) is 6.07. The van der Waals surface area contributed by atoms with E-state index in [-0.39, 0.29) is 12.0 Å². The largest absolute Gasteiger partial charge is 0.493 e. The molecule has 0 unspecified atom stereocenters. The molecule has 0 saturated heterocycles. The molecule has 0 aromatic heterocycles. The van der Waals surface area contributed by atoms with E-state index in [0.29, 0.717) is 30.2 Å². The van der Waals surface area contributed by atoms with Crippen molar-refractivity contribution in [2.75, 3.05) is 35.5 Å². The Balaban J connectivity index is 1.88. The topological polar surface area (TPSA) is 60.4 Å². The molecule has 6 nitrogen and oxygen atoms in total. The normalized spacial score (nSPS) is 23.3. The molecule has 1 heterocycles. The first kappa shape index (κ1) is 18.9. The summed E-state index contributed by atoms with van der Waals surface area (Å²) in [7, 11) is 8.67. The average Bonchev–Trinajstić information content (AvgIpc) is 2.71. The van der Waals surface area contributed by atoms with E-state index in [9.17, 15) is 5.11 Å². The van der Waals surface area contributed by atoms with Crippen molar-refractivity contribution >= 4 is 0 Å². The maximum absolute atomic E-state index is 11.1. The molecule has 1 aliphatic carbocycles. The van der Waals surface area contributed by atoms with Crippen LogP contribution in [0.15, 0.2) is 24.3 Å². The van der Waals surface area contributed by atoms with Gasteiger partial charge >= 0.3 is 0 Å². The summed E-state index contributed by atoms with van der Waals surface area (Å²) in [4.78, 5) is 2.27. The molecule has 1 aliphatic heterocycles. The van der Waals surface area contributed by atoms with Crippen molar-refractivity contribution in [2.45, 2.75) is 31.0 Å². The minimum atomic E-state index is -0.504. The van der Waals surface area contributed by atoms with Crippen LogP contribution in [0.1, 0.15) is 34.2 Å². The Morgan fingerprint density at radius 2 is 1.57 bits per heavy atom. The molecule has 150 valence electrons. The Hall–Kier alpha value is -2.44. The van der Waals surface area contributed by atoms with Gasteiger partial charge in [0.05, 0.1) is 34.5 Å². The van der Waals surface area contributed by atoms with E-state index in [4.69, 9.17) is 18.9 Å². The minimum absolute atomic E-state index is 0.0455. The zero-order valence-electron chi connectivity index (χ0n) is 17.0. The Labute approximate surface area is 165 Å². The third-order valence-electron chi connectivity index (χ3n) is 6.07. The molecule has 3 atom stereocenters. The molecule has 0 radical (unpaired) electrons. The van der Waals surface area contributed by atoms with E-state index >= 15 is 0 Å². The molecule has 28 heavy (non-hydrogen) atoms. The second-order valence-corrected chi connectivity index (χ2v) is 7.43. The summed E-state index contributed by atoms with van der Waals surface area (Å²) in [5.41, 5.74) is 4.47. The first-order valence-corrected chi connectivity index (χ1v) is 9.40. The number of aliphatic hydroxyl groups is 1. The monoisotopic (exact) mass is 385 g/mol. The van der Waals surface area contributed by atoms with Crippen molar-refractivity contribution in [3.63, 3.8) is 0 Å². The molecule has 1 N–H and O–H groups in total. The lowest BCUT2D eigenvalue weighted by atomic mass is 9.70. The number of likely N-dealkylation sites (N-methyl/N-ethyl adjacent to an activating group) is 1. The van der Waals surface area contributed by atoms with Gasteiger partial charge in [-0.2, -0.15) is 0 Å². The molecule has 0 amide bonds. The summed E-state index contributed by atoms with van der Waals surface area (Å²) in [5, 5.41) is 11.1. The van der Waals surface area contributed by atoms with Crippen LogP contribution in [0.3, 0.4) is 0 Å². The highest BCUT2D eigenvalue weighted by molar-refractivity contribution is 5.57. The highest BCUT2D eigenvalue weighted by atomic mass is 16.5. The van der Waals surface area contributed by atoms with Gasteiger partial charge in [-0.1, -0.05) is 6.07 Å². The van der Waals surface area contributed by atoms with Crippen molar-refractivity contribution in [1.82, 2.24) is 4.90 Å². The lowest BCUT2D eigenvalue weighted by Crippen LogP contribution is -2.43. The lowest BCUT2D eigenvalue weighted by Gasteiger charge is -2.47. The number of benzene rings is 2. The zero-order chi connectivity index (χ0) is 20.0. The van der Waals surface area contributed by atoms with Crippen molar-refractivity contribution < 1.29 is 24.1 Å². The Morgan fingerprint density at radius 1 is 0.893 bits per heavy atom. The Morgan fingerprint density at radius 3 is 2.21 bits per heavy atom. The Kier molecular flexibility index (Phi) is 4.85. The van der Waals surface area contributed by atoms with Crippen molar-refractivity contribution in [1.29, 1.82) is 0 Å². The van der Waals surface area contributed by atoms with Gasteiger partial charge in [0.25, 0.3) is 0 Å². The van der Waals surface area contributed by atoms with Crippen molar-refractivity contribution in [2.24, 2.45) is 0 Å². The van der Waals surface area contributed by atoms with Crippen LogP contribution in [0, 0.1) is 0 Å². The SMILES string of the molecule is COc1cc2c(cc1OC)[C@H]1[C@H](c3ccc(OC)c(OC)c3CN1C)[C@H](O)C2. The third kappa shape index (κ3) is 2.71. The Bertz CT molecular complexity index is 893. The van der Waals surface area contributed by atoms with Crippen LogP contribution in [-0.2, 0) is 13.0 Å². The number of ether oxygens (including phenoxy) is 4. The maximum atomic E-state index is 11.1. The van der Waals surface area contributed by atoms with Gasteiger partial charge in [-0.25, -0.2) is 0 Å². The number of hydrogen-bond acceptors (Lipinski definition) is 6. The predicted molar refractivity (Wildman–Crippen MR) is 106 cm³/mol. The summed E-state index contributed by atoms with van der Waals surface area (Å²) >= 11 is 0. The fourth-order valence-corrected chi connectivity index (χ4v) is 4.86. The first-order valence-electron chi connectivity index (χ1n) is 9.40. The number of fused-ring (bicyclic) bond motifs is 5. The van der Waals surface area contributed by atoms with Crippen molar-refractivity contribution in [3.8, 4) is 23.0 Å². The van der Waals surface area contributed by atoms with Crippen LogP contribution in [0.25, 0.3) is 0 Å². The van der Waals surface area contributed by atoms with E-state index in [1.807, 2.05) is 12.1 Å². The van der Waals surface area contributed by atoms with Gasteiger partial charge in [0, 0.05) is 24.1 Å². The van der Waals surface area contributed by atoms with Gasteiger partial charge in [-0.05, 0) is 48.4 Å². The fourth-order valence-electron chi connectivity index (χ4n) is 4.86. The fraction of sp³-hybridized carbons (Fsp3) is 0.455. The molecule has 6 heteroatoms. The van der Waals surface area contributed by atoms with Crippen LogP contribution >= 0.6 is 0 Å². The van der Waals surface area contributed by atoms with Crippen LogP contribution in [-0.4, -0.2) is 51.6 Å². The molecule has 2 aromatic carbocycles. The summed E-state index contributed by atoms with van der Waals surface area (Å²) < 4.78 is 22.1. The van der Waals surface area contributed by atoms with Gasteiger partial charge in [-0.15, -0.1) is 0 Å². The van der Waals surface area contributed by atoms with Gasteiger partial charge in [-0.3, -0.25) is 4.90 Å². The van der Waals surface area contributed by atoms with Gasteiger partial charge in [0.1, 0.15) is 0 Å². The van der Waals surface area contributed by atoms with Crippen LogP contribution in [0.2, 0.25) is 0 Å². The van der Waals surface area contributed by atoms with Crippen molar-refractivity contribution in [3.05, 3.63) is 46.5 Å². The second kappa shape index (κ2) is 7.18. The van der Waals surface area contributed by atoms with Gasteiger partial charge in [0.15, 0.2) is 23.0 Å². The standard InChI is InChI=1S/C22H27NO5/c1-23-11-15-13(6-7-17(25-2)22(15)28-5)20-16(24)8-12-9-18(26-3)19(27-4)10-14(12)21(20)23/h6-7,9-10,16,20-21,24H,8,11H2,1-5H3/t16-,20-,21+/m1/s1. The average molecular weight is 385 g/mol. The number of nitrogens with zero attached hydrogens (tertiary/aromatic N) is 1. The van der Waals surface area contributed by atoms with Crippen LogP contribution in [0.5, 0.6) is 23.0 Å². The second-order valence-electron chi connectivity index (χ2n) is 7.43.